The molecule has 0 unspecified atom stereocenters. The SMILES string of the molecule is CCC1CCN(c2ccc(NC(=O)c3c(Nc4cnc5c(c4C)NCCO5)cc[nH]c3=O)cc2)CC1. The van der Waals surface area contributed by atoms with Gasteiger partial charge in [0.2, 0.25) is 5.88 Å². The van der Waals surface area contributed by atoms with Crippen LogP contribution in [0.3, 0.4) is 0 Å². The Morgan fingerprint density at radius 3 is 2.69 bits per heavy atom. The highest BCUT2D eigenvalue weighted by Gasteiger charge is 2.21. The molecule has 9 heteroatoms. The smallest absolute Gasteiger partial charge is 0.263 e. The van der Waals surface area contributed by atoms with E-state index in [4.69, 9.17) is 4.74 Å². The van der Waals surface area contributed by atoms with Crippen LogP contribution < -0.4 is 31.1 Å². The predicted molar refractivity (Wildman–Crippen MR) is 143 cm³/mol. The van der Waals surface area contributed by atoms with Crippen molar-refractivity contribution < 1.29 is 9.53 Å². The number of carbonyl (C=O) groups is 1. The van der Waals surface area contributed by atoms with Crippen molar-refractivity contribution in [1.82, 2.24) is 9.97 Å². The molecule has 0 spiro atoms. The Morgan fingerprint density at radius 1 is 1.17 bits per heavy atom. The molecule has 1 saturated heterocycles. The number of H-pyrrole nitrogens is 1. The molecular formula is C27H32N6O3. The summed E-state index contributed by atoms with van der Waals surface area (Å²) in [4.78, 5) is 35.2. The fourth-order valence-corrected chi connectivity index (χ4v) is 4.85. The molecule has 2 aliphatic heterocycles. The predicted octanol–water partition coefficient (Wildman–Crippen LogP) is 4.50. The molecule has 0 aliphatic carbocycles. The van der Waals surface area contributed by atoms with Gasteiger partial charge in [-0.15, -0.1) is 0 Å². The van der Waals surface area contributed by atoms with E-state index >= 15 is 0 Å². The van der Waals surface area contributed by atoms with Gasteiger partial charge in [-0.3, -0.25) is 9.59 Å². The average Bonchev–Trinajstić information content (AvgIpc) is 2.91. The minimum atomic E-state index is -0.485. The molecule has 1 aromatic carbocycles. The van der Waals surface area contributed by atoms with Crippen molar-refractivity contribution in [3.63, 3.8) is 0 Å². The number of benzene rings is 1. The zero-order chi connectivity index (χ0) is 25.1. The molecule has 4 heterocycles. The Bertz CT molecular complexity index is 1300. The third-order valence-corrected chi connectivity index (χ3v) is 7.09. The Labute approximate surface area is 210 Å². The van der Waals surface area contributed by atoms with Crippen LogP contribution in [0.4, 0.5) is 28.4 Å². The second-order valence-electron chi connectivity index (χ2n) is 9.31. The molecule has 0 saturated carbocycles. The van der Waals surface area contributed by atoms with E-state index in [1.807, 2.05) is 31.2 Å². The van der Waals surface area contributed by atoms with Crippen LogP contribution in [0, 0.1) is 12.8 Å². The van der Waals surface area contributed by atoms with Gasteiger partial charge in [-0.1, -0.05) is 13.3 Å². The minimum absolute atomic E-state index is 0.00421. The van der Waals surface area contributed by atoms with Crippen LogP contribution >= 0.6 is 0 Å². The van der Waals surface area contributed by atoms with Gasteiger partial charge in [0, 0.05) is 42.8 Å². The first kappa shape index (κ1) is 23.7. The number of ether oxygens (including phenoxy) is 1. The summed E-state index contributed by atoms with van der Waals surface area (Å²) in [6.07, 6.45) is 6.82. The van der Waals surface area contributed by atoms with E-state index in [1.165, 1.54) is 25.5 Å². The van der Waals surface area contributed by atoms with Crippen molar-refractivity contribution in [1.29, 1.82) is 0 Å². The van der Waals surface area contributed by atoms with E-state index in [1.54, 1.807) is 12.3 Å². The number of rotatable bonds is 6. The lowest BCUT2D eigenvalue weighted by Gasteiger charge is -2.33. The zero-order valence-electron chi connectivity index (χ0n) is 20.7. The number of pyridine rings is 2. The first-order chi connectivity index (χ1) is 17.5. The Morgan fingerprint density at radius 2 is 1.94 bits per heavy atom. The summed E-state index contributed by atoms with van der Waals surface area (Å²) >= 11 is 0. The maximum Gasteiger partial charge on any atom is 0.263 e. The van der Waals surface area contributed by atoms with E-state index in [0.717, 1.165) is 35.9 Å². The van der Waals surface area contributed by atoms with Gasteiger partial charge in [0.15, 0.2) is 0 Å². The molecule has 3 aromatic rings. The molecule has 5 rings (SSSR count). The number of fused-ring (bicyclic) bond motifs is 1. The van der Waals surface area contributed by atoms with Crippen LogP contribution in [-0.4, -0.2) is 42.1 Å². The maximum absolute atomic E-state index is 13.2. The third kappa shape index (κ3) is 4.86. The van der Waals surface area contributed by atoms with Gasteiger partial charge in [0.05, 0.1) is 17.6 Å². The fourth-order valence-electron chi connectivity index (χ4n) is 4.85. The van der Waals surface area contributed by atoms with Crippen LogP contribution in [0.5, 0.6) is 5.88 Å². The van der Waals surface area contributed by atoms with E-state index in [0.29, 0.717) is 36.1 Å². The molecule has 2 aromatic heterocycles. The number of amides is 1. The number of aromatic amines is 1. The summed E-state index contributed by atoms with van der Waals surface area (Å²) in [6, 6.07) is 9.47. The first-order valence-corrected chi connectivity index (χ1v) is 12.5. The second-order valence-corrected chi connectivity index (χ2v) is 9.31. The number of anilines is 5. The molecule has 36 heavy (non-hydrogen) atoms. The van der Waals surface area contributed by atoms with Gasteiger partial charge in [-0.2, -0.15) is 0 Å². The highest BCUT2D eigenvalue weighted by atomic mass is 16.5. The van der Waals surface area contributed by atoms with Gasteiger partial charge in [-0.25, -0.2) is 4.98 Å². The van der Waals surface area contributed by atoms with Gasteiger partial charge < -0.3 is 30.6 Å². The maximum atomic E-state index is 13.2. The van der Waals surface area contributed by atoms with Crippen molar-refractivity contribution in [2.75, 3.05) is 47.1 Å². The van der Waals surface area contributed by atoms with E-state index in [2.05, 4.69) is 37.7 Å². The first-order valence-electron chi connectivity index (χ1n) is 12.5. The molecule has 0 atom stereocenters. The summed E-state index contributed by atoms with van der Waals surface area (Å²) in [5.74, 6) is 0.879. The molecule has 0 bridgehead atoms. The van der Waals surface area contributed by atoms with Crippen LogP contribution in [-0.2, 0) is 0 Å². The van der Waals surface area contributed by atoms with Crippen molar-refractivity contribution in [3.05, 3.63) is 64.2 Å². The Hall–Kier alpha value is -4.01. The molecule has 9 nitrogen and oxygen atoms in total. The summed E-state index contributed by atoms with van der Waals surface area (Å²) < 4.78 is 5.59. The van der Waals surface area contributed by atoms with E-state index in [9.17, 15) is 9.59 Å². The van der Waals surface area contributed by atoms with Crippen LogP contribution in [0.2, 0.25) is 0 Å². The van der Waals surface area contributed by atoms with Crippen molar-refractivity contribution in [2.45, 2.75) is 33.1 Å². The zero-order valence-corrected chi connectivity index (χ0v) is 20.7. The number of nitrogens with zero attached hydrogens (tertiary/aromatic N) is 2. The number of aromatic nitrogens is 2. The van der Waals surface area contributed by atoms with Gasteiger partial charge in [-0.05, 0) is 56.0 Å². The Balaban J connectivity index is 1.32. The quantitative estimate of drug-likeness (QED) is 0.404. The van der Waals surface area contributed by atoms with Crippen LogP contribution in [0.25, 0.3) is 0 Å². The number of hydrogen-bond donors (Lipinski definition) is 4. The summed E-state index contributed by atoms with van der Waals surface area (Å²) in [5, 5.41) is 9.38. The highest BCUT2D eigenvalue weighted by molar-refractivity contribution is 6.08. The Kier molecular flexibility index (Phi) is 6.79. The van der Waals surface area contributed by atoms with Crippen molar-refractivity contribution in [2.24, 2.45) is 5.92 Å². The van der Waals surface area contributed by atoms with Gasteiger partial charge in [0.1, 0.15) is 17.9 Å². The number of carbonyl (C=O) groups excluding carboxylic acids is 1. The van der Waals surface area contributed by atoms with E-state index in [-0.39, 0.29) is 5.56 Å². The topological polar surface area (TPSA) is 111 Å². The van der Waals surface area contributed by atoms with Crippen molar-refractivity contribution >= 4 is 34.3 Å². The van der Waals surface area contributed by atoms with E-state index < -0.39 is 11.5 Å². The van der Waals surface area contributed by atoms with Crippen LogP contribution in [0.1, 0.15) is 42.1 Å². The second kappa shape index (κ2) is 10.3. The lowest BCUT2D eigenvalue weighted by molar-refractivity contribution is 0.102. The number of piperidine rings is 1. The molecule has 1 amide bonds. The summed E-state index contributed by atoms with van der Waals surface area (Å²) in [7, 11) is 0. The fraction of sp³-hybridized carbons (Fsp3) is 0.370. The summed E-state index contributed by atoms with van der Waals surface area (Å²) in [5.41, 5.74) is 4.09. The number of nitrogens with one attached hydrogen (secondary N) is 4. The van der Waals surface area contributed by atoms with Gasteiger partial charge >= 0.3 is 0 Å². The average molecular weight is 489 g/mol. The molecule has 1 fully saturated rings. The summed E-state index contributed by atoms with van der Waals surface area (Å²) in [6.45, 7) is 7.54. The third-order valence-electron chi connectivity index (χ3n) is 7.09. The molecule has 2 aliphatic rings. The van der Waals surface area contributed by atoms with Crippen LogP contribution in [0.15, 0.2) is 47.5 Å². The minimum Gasteiger partial charge on any atom is -0.474 e. The number of hydrogen-bond acceptors (Lipinski definition) is 7. The van der Waals surface area contributed by atoms with Gasteiger partial charge in [0.25, 0.3) is 11.5 Å². The van der Waals surface area contributed by atoms with Crippen molar-refractivity contribution in [3.8, 4) is 5.88 Å². The molecule has 188 valence electrons. The highest BCUT2D eigenvalue weighted by Crippen LogP contribution is 2.34. The molecular weight excluding hydrogens is 456 g/mol. The standard InChI is InChI=1S/C27H32N6O3/c1-3-18-9-13-33(14-10-18)20-6-4-19(5-7-20)31-26(35)23-21(8-11-29-25(23)34)32-22-16-30-27-24(17(22)2)28-12-15-36-27/h4-8,11,16,18,28H,3,9-10,12-15H2,1-2H3,(H,31,35)(H2,29,32,34). The molecule has 0 radical (unpaired) electrons. The molecule has 4 N–H and O–H groups in total. The lowest BCUT2D eigenvalue weighted by atomic mass is 9.94. The monoisotopic (exact) mass is 488 g/mol. The normalized spacial score (nSPS) is 15.4. The largest absolute Gasteiger partial charge is 0.474 e. The lowest BCUT2D eigenvalue weighted by Crippen LogP contribution is -2.33.